The van der Waals surface area contributed by atoms with E-state index in [2.05, 4.69) is 10.3 Å². The van der Waals surface area contributed by atoms with Gasteiger partial charge in [0.1, 0.15) is 0 Å². The van der Waals surface area contributed by atoms with E-state index in [4.69, 9.17) is 4.74 Å². The number of benzene rings is 1. The van der Waals surface area contributed by atoms with Crippen LogP contribution in [-0.2, 0) is 12.8 Å². The summed E-state index contributed by atoms with van der Waals surface area (Å²) in [6, 6.07) is 3.20. The number of ether oxygens (including phenoxy) is 1. The second-order valence-corrected chi connectivity index (χ2v) is 4.87. The lowest BCUT2D eigenvalue weighted by Crippen LogP contribution is -2.09. The van der Waals surface area contributed by atoms with E-state index in [0.717, 1.165) is 36.0 Å². The Hall–Kier alpha value is -1.84. The Labute approximate surface area is 111 Å². The van der Waals surface area contributed by atoms with Gasteiger partial charge in [0, 0.05) is 29.9 Å². The number of anilines is 1. The third-order valence-corrected chi connectivity index (χ3v) is 3.79. The summed E-state index contributed by atoms with van der Waals surface area (Å²) in [5, 5.41) is 4.18. The van der Waals surface area contributed by atoms with Gasteiger partial charge >= 0.3 is 0 Å². The molecule has 0 radical (unpaired) electrons. The number of fused-ring (bicyclic) bond motifs is 2. The van der Waals surface area contributed by atoms with Crippen molar-refractivity contribution in [3.8, 4) is 5.75 Å². The summed E-state index contributed by atoms with van der Waals surface area (Å²) in [6.07, 6.45) is 4.36. The third kappa shape index (κ3) is 1.91. The Balaban J connectivity index is 2.33. The van der Waals surface area contributed by atoms with Crippen LogP contribution < -0.4 is 10.1 Å². The first-order chi connectivity index (χ1) is 9.24. The van der Waals surface area contributed by atoms with Crippen molar-refractivity contribution in [1.29, 1.82) is 0 Å². The Kier molecular flexibility index (Phi) is 3.01. The lowest BCUT2D eigenvalue weighted by molar-refractivity contribution is 0.387. The standard InChI is InChI=1S/C15H17FN2O/c1-17-15-9-5-3-4-6-12(9)18-13-8-11(16)14(19-2)7-10(13)15/h7-8H,3-6H2,1-2H3,(H,17,18). The van der Waals surface area contributed by atoms with Gasteiger partial charge in [-0.1, -0.05) is 0 Å². The van der Waals surface area contributed by atoms with E-state index in [-0.39, 0.29) is 11.6 Å². The van der Waals surface area contributed by atoms with E-state index >= 15 is 0 Å². The molecular weight excluding hydrogens is 243 g/mol. The average Bonchev–Trinajstić information content (AvgIpc) is 2.44. The molecule has 0 fully saturated rings. The van der Waals surface area contributed by atoms with Crippen LogP contribution in [0.5, 0.6) is 5.75 Å². The summed E-state index contributed by atoms with van der Waals surface area (Å²) in [5.74, 6) is -0.0955. The zero-order chi connectivity index (χ0) is 13.4. The van der Waals surface area contributed by atoms with Crippen LogP contribution in [0.1, 0.15) is 24.1 Å². The molecule has 0 aliphatic heterocycles. The Morgan fingerprint density at radius 3 is 2.79 bits per heavy atom. The third-order valence-electron chi connectivity index (χ3n) is 3.79. The lowest BCUT2D eigenvalue weighted by atomic mass is 9.92. The molecule has 0 saturated carbocycles. The summed E-state index contributed by atoms with van der Waals surface area (Å²) in [7, 11) is 3.38. The van der Waals surface area contributed by atoms with E-state index in [1.165, 1.54) is 25.2 Å². The van der Waals surface area contributed by atoms with Crippen LogP contribution in [0.3, 0.4) is 0 Å². The van der Waals surface area contributed by atoms with Gasteiger partial charge in [-0.3, -0.25) is 4.98 Å². The molecule has 0 atom stereocenters. The van der Waals surface area contributed by atoms with Gasteiger partial charge in [0.25, 0.3) is 0 Å². The fraction of sp³-hybridized carbons (Fsp3) is 0.400. The quantitative estimate of drug-likeness (QED) is 0.899. The van der Waals surface area contributed by atoms with Gasteiger partial charge < -0.3 is 10.1 Å². The second kappa shape index (κ2) is 4.68. The molecule has 0 saturated heterocycles. The van der Waals surface area contributed by atoms with Gasteiger partial charge in [0.05, 0.1) is 12.6 Å². The number of halogens is 1. The number of rotatable bonds is 2. The molecule has 1 aromatic carbocycles. The highest BCUT2D eigenvalue weighted by atomic mass is 19.1. The van der Waals surface area contributed by atoms with Gasteiger partial charge in [0.15, 0.2) is 11.6 Å². The number of nitrogens with zero attached hydrogens (tertiary/aromatic N) is 1. The van der Waals surface area contributed by atoms with Gasteiger partial charge in [-0.05, 0) is 37.3 Å². The lowest BCUT2D eigenvalue weighted by Gasteiger charge is -2.20. The number of hydrogen-bond donors (Lipinski definition) is 1. The van der Waals surface area contributed by atoms with Crippen LogP contribution in [0.2, 0.25) is 0 Å². The van der Waals surface area contributed by atoms with Crippen molar-refractivity contribution in [2.24, 2.45) is 0 Å². The summed E-state index contributed by atoms with van der Waals surface area (Å²) in [6.45, 7) is 0. The molecule has 1 N–H and O–H groups in total. The summed E-state index contributed by atoms with van der Waals surface area (Å²) < 4.78 is 18.9. The molecule has 1 aliphatic carbocycles. The normalized spacial score (nSPS) is 14.3. The fourth-order valence-corrected chi connectivity index (χ4v) is 2.87. The zero-order valence-corrected chi connectivity index (χ0v) is 11.2. The van der Waals surface area contributed by atoms with Crippen LogP contribution in [0.25, 0.3) is 10.9 Å². The van der Waals surface area contributed by atoms with Crippen molar-refractivity contribution in [2.45, 2.75) is 25.7 Å². The first-order valence-corrected chi connectivity index (χ1v) is 6.61. The minimum atomic E-state index is -0.361. The van der Waals surface area contributed by atoms with E-state index in [9.17, 15) is 4.39 Å². The Bertz CT molecular complexity index is 640. The highest BCUT2D eigenvalue weighted by Gasteiger charge is 2.19. The fourth-order valence-electron chi connectivity index (χ4n) is 2.87. The molecule has 1 heterocycles. The molecular formula is C15H17FN2O. The molecule has 100 valence electrons. The smallest absolute Gasteiger partial charge is 0.167 e. The van der Waals surface area contributed by atoms with Crippen LogP contribution in [0.15, 0.2) is 12.1 Å². The SMILES string of the molecule is CNc1c2c(nc3cc(F)c(OC)cc13)CCCC2. The van der Waals surface area contributed by atoms with Crippen LogP contribution >= 0.6 is 0 Å². The second-order valence-electron chi connectivity index (χ2n) is 4.87. The molecule has 2 aromatic rings. The molecule has 1 aliphatic rings. The largest absolute Gasteiger partial charge is 0.494 e. The highest BCUT2D eigenvalue weighted by molar-refractivity contribution is 5.94. The van der Waals surface area contributed by atoms with Crippen LogP contribution in [0, 0.1) is 5.82 Å². The predicted molar refractivity (Wildman–Crippen MR) is 74.4 cm³/mol. The van der Waals surface area contributed by atoms with Crippen molar-refractivity contribution in [1.82, 2.24) is 4.98 Å². The molecule has 19 heavy (non-hydrogen) atoms. The van der Waals surface area contributed by atoms with E-state index in [1.807, 2.05) is 7.05 Å². The Morgan fingerprint density at radius 2 is 2.05 bits per heavy atom. The van der Waals surface area contributed by atoms with E-state index in [1.54, 1.807) is 6.07 Å². The van der Waals surface area contributed by atoms with Crippen LogP contribution in [-0.4, -0.2) is 19.1 Å². The summed E-state index contributed by atoms with van der Waals surface area (Å²) in [4.78, 5) is 4.63. The Morgan fingerprint density at radius 1 is 1.26 bits per heavy atom. The van der Waals surface area contributed by atoms with Crippen LogP contribution in [0.4, 0.5) is 10.1 Å². The van der Waals surface area contributed by atoms with Crippen molar-refractivity contribution >= 4 is 16.6 Å². The maximum absolute atomic E-state index is 13.8. The van der Waals surface area contributed by atoms with Crippen molar-refractivity contribution in [3.05, 3.63) is 29.2 Å². The van der Waals surface area contributed by atoms with E-state index < -0.39 is 0 Å². The predicted octanol–water partition coefficient (Wildman–Crippen LogP) is 3.30. The molecule has 4 heteroatoms. The minimum absolute atomic E-state index is 0.265. The number of pyridine rings is 1. The maximum Gasteiger partial charge on any atom is 0.167 e. The summed E-state index contributed by atoms with van der Waals surface area (Å²) in [5.41, 5.74) is 4.14. The molecule has 0 spiro atoms. The first-order valence-electron chi connectivity index (χ1n) is 6.61. The number of nitrogens with one attached hydrogen (secondary N) is 1. The molecule has 0 bridgehead atoms. The van der Waals surface area contributed by atoms with Crippen molar-refractivity contribution < 1.29 is 9.13 Å². The average molecular weight is 260 g/mol. The van der Waals surface area contributed by atoms with Crippen molar-refractivity contribution in [3.63, 3.8) is 0 Å². The molecule has 0 amide bonds. The van der Waals surface area contributed by atoms with Gasteiger partial charge in [-0.15, -0.1) is 0 Å². The van der Waals surface area contributed by atoms with Crippen molar-refractivity contribution in [2.75, 3.05) is 19.5 Å². The first kappa shape index (κ1) is 12.2. The number of aryl methyl sites for hydroxylation is 1. The van der Waals surface area contributed by atoms with E-state index in [0.29, 0.717) is 5.52 Å². The zero-order valence-electron chi connectivity index (χ0n) is 11.2. The minimum Gasteiger partial charge on any atom is -0.494 e. The maximum atomic E-state index is 13.8. The molecule has 0 unspecified atom stereocenters. The highest BCUT2D eigenvalue weighted by Crippen LogP contribution is 2.35. The topological polar surface area (TPSA) is 34.2 Å². The van der Waals surface area contributed by atoms with Gasteiger partial charge in [-0.2, -0.15) is 0 Å². The number of hydrogen-bond acceptors (Lipinski definition) is 3. The van der Waals surface area contributed by atoms with Gasteiger partial charge in [-0.25, -0.2) is 4.39 Å². The van der Waals surface area contributed by atoms with Gasteiger partial charge in [0.2, 0.25) is 0 Å². The molecule has 3 rings (SSSR count). The summed E-state index contributed by atoms with van der Waals surface area (Å²) >= 11 is 0. The number of methoxy groups -OCH3 is 1. The molecule has 3 nitrogen and oxygen atoms in total. The monoisotopic (exact) mass is 260 g/mol. The number of aromatic nitrogens is 1. The molecule has 1 aromatic heterocycles.